The van der Waals surface area contributed by atoms with Gasteiger partial charge >= 0.3 is 0 Å². The summed E-state index contributed by atoms with van der Waals surface area (Å²) in [7, 11) is 0. The Morgan fingerprint density at radius 3 is 2.74 bits per heavy atom. The van der Waals surface area contributed by atoms with Gasteiger partial charge in [-0.15, -0.1) is 0 Å². The van der Waals surface area contributed by atoms with Crippen LogP contribution in [0.25, 0.3) is 0 Å². The van der Waals surface area contributed by atoms with Crippen LogP contribution in [0, 0.1) is 5.92 Å². The molecule has 2 bridgehead atoms. The maximum absolute atomic E-state index is 12.3. The first-order valence-corrected chi connectivity index (χ1v) is 7.00. The number of rotatable bonds is 4. The highest BCUT2D eigenvalue weighted by Gasteiger charge is 2.43. The molecule has 4 nitrogen and oxygen atoms in total. The van der Waals surface area contributed by atoms with Crippen molar-refractivity contribution in [1.82, 2.24) is 10.6 Å². The summed E-state index contributed by atoms with van der Waals surface area (Å²) in [6.07, 6.45) is 3.22. The molecule has 2 aliphatic heterocycles. The maximum atomic E-state index is 12.3. The van der Waals surface area contributed by atoms with Gasteiger partial charge in [0.15, 0.2) is 0 Å². The third-order valence-electron chi connectivity index (χ3n) is 4.34. The molecule has 102 valence electrons. The number of aliphatic hydroxyl groups excluding tert-OH is 1. The van der Waals surface area contributed by atoms with Gasteiger partial charge in [-0.2, -0.15) is 0 Å². The van der Waals surface area contributed by atoms with E-state index in [2.05, 4.69) is 10.6 Å². The number of benzene rings is 1. The minimum absolute atomic E-state index is 0.0655. The van der Waals surface area contributed by atoms with Crippen LogP contribution in [0.1, 0.15) is 30.9 Å². The number of carbonyl (C=O) groups is 1. The SMILES string of the molecule is O=C(NC(CO)c1ccccc1)C1CC2CCC1N2. The lowest BCUT2D eigenvalue weighted by atomic mass is 9.88. The summed E-state index contributed by atoms with van der Waals surface area (Å²) in [4.78, 5) is 12.3. The van der Waals surface area contributed by atoms with E-state index in [0.717, 1.165) is 18.4 Å². The van der Waals surface area contributed by atoms with Crippen LogP contribution in [-0.2, 0) is 4.79 Å². The third-order valence-corrected chi connectivity index (χ3v) is 4.34. The molecular weight excluding hydrogens is 240 g/mol. The molecule has 0 aliphatic carbocycles. The first-order valence-electron chi connectivity index (χ1n) is 7.00. The zero-order chi connectivity index (χ0) is 13.2. The molecule has 1 aromatic carbocycles. The smallest absolute Gasteiger partial charge is 0.225 e. The molecule has 2 aliphatic rings. The van der Waals surface area contributed by atoms with Crippen molar-refractivity contribution in [1.29, 1.82) is 0 Å². The maximum Gasteiger partial charge on any atom is 0.225 e. The molecular formula is C15H20N2O2. The Labute approximate surface area is 113 Å². The van der Waals surface area contributed by atoms with E-state index in [4.69, 9.17) is 0 Å². The quantitative estimate of drug-likeness (QED) is 0.756. The summed E-state index contributed by atoms with van der Waals surface area (Å²) in [5, 5.41) is 15.9. The van der Waals surface area contributed by atoms with E-state index in [1.165, 1.54) is 6.42 Å². The summed E-state index contributed by atoms with van der Waals surface area (Å²) in [6.45, 7) is -0.0655. The van der Waals surface area contributed by atoms with E-state index in [9.17, 15) is 9.90 Å². The van der Waals surface area contributed by atoms with Gasteiger partial charge < -0.3 is 15.7 Å². The van der Waals surface area contributed by atoms with Crippen LogP contribution in [0.15, 0.2) is 30.3 Å². The van der Waals surface area contributed by atoms with E-state index < -0.39 is 0 Å². The van der Waals surface area contributed by atoms with Gasteiger partial charge in [-0.25, -0.2) is 0 Å². The molecule has 19 heavy (non-hydrogen) atoms. The number of fused-ring (bicyclic) bond motifs is 2. The number of aliphatic hydroxyl groups is 1. The molecule has 3 N–H and O–H groups in total. The molecule has 0 radical (unpaired) electrons. The summed E-state index contributed by atoms with van der Waals surface area (Å²) in [6, 6.07) is 10.2. The molecule has 0 aromatic heterocycles. The number of carbonyl (C=O) groups excluding carboxylic acids is 1. The summed E-state index contributed by atoms with van der Waals surface area (Å²) < 4.78 is 0. The van der Waals surface area contributed by atoms with Gasteiger partial charge in [0.1, 0.15) is 0 Å². The minimum Gasteiger partial charge on any atom is -0.394 e. The largest absolute Gasteiger partial charge is 0.394 e. The summed E-state index contributed by atoms with van der Waals surface area (Å²) >= 11 is 0. The molecule has 4 heteroatoms. The van der Waals surface area contributed by atoms with Gasteiger partial charge in [0, 0.05) is 12.1 Å². The second-order valence-corrected chi connectivity index (χ2v) is 5.54. The highest BCUT2D eigenvalue weighted by molar-refractivity contribution is 5.80. The molecule has 4 atom stereocenters. The molecule has 0 spiro atoms. The van der Waals surface area contributed by atoms with Crippen LogP contribution >= 0.6 is 0 Å². The van der Waals surface area contributed by atoms with Crippen LogP contribution < -0.4 is 10.6 Å². The fraction of sp³-hybridized carbons (Fsp3) is 0.533. The van der Waals surface area contributed by atoms with Crippen molar-refractivity contribution in [3.63, 3.8) is 0 Å². The Kier molecular flexibility index (Phi) is 3.53. The van der Waals surface area contributed by atoms with Gasteiger partial charge in [0.25, 0.3) is 0 Å². The summed E-state index contributed by atoms with van der Waals surface area (Å²) in [5.74, 6) is 0.138. The van der Waals surface area contributed by atoms with Crippen LogP contribution in [-0.4, -0.2) is 29.7 Å². The van der Waals surface area contributed by atoms with Gasteiger partial charge in [0.2, 0.25) is 5.91 Å². The van der Waals surface area contributed by atoms with E-state index in [-0.39, 0.29) is 24.5 Å². The molecule has 1 amide bonds. The predicted octanol–water partition coefficient (Wildman–Crippen LogP) is 0.977. The third kappa shape index (κ3) is 2.51. The Hall–Kier alpha value is -1.39. The van der Waals surface area contributed by atoms with Gasteiger partial charge in [-0.3, -0.25) is 4.79 Å². The number of hydrogen-bond acceptors (Lipinski definition) is 3. The van der Waals surface area contributed by atoms with E-state index in [1.807, 2.05) is 30.3 Å². The van der Waals surface area contributed by atoms with Crippen molar-refractivity contribution in [2.24, 2.45) is 5.92 Å². The Bertz CT molecular complexity index is 449. The fourth-order valence-electron chi connectivity index (χ4n) is 3.31. The Morgan fingerprint density at radius 1 is 1.37 bits per heavy atom. The molecule has 4 unspecified atom stereocenters. The van der Waals surface area contributed by atoms with Gasteiger partial charge in [-0.1, -0.05) is 30.3 Å². The van der Waals surface area contributed by atoms with Crippen LogP contribution in [0.5, 0.6) is 0 Å². The number of hydrogen-bond donors (Lipinski definition) is 3. The molecule has 3 rings (SSSR count). The van der Waals surface area contributed by atoms with Crippen molar-refractivity contribution < 1.29 is 9.90 Å². The lowest BCUT2D eigenvalue weighted by molar-refractivity contribution is -0.126. The molecule has 1 aromatic rings. The average molecular weight is 260 g/mol. The van der Waals surface area contributed by atoms with E-state index >= 15 is 0 Å². The average Bonchev–Trinajstić information content (AvgIpc) is 3.08. The van der Waals surface area contributed by atoms with Crippen molar-refractivity contribution >= 4 is 5.91 Å². The highest BCUT2D eigenvalue weighted by atomic mass is 16.3. The summed E-state index contributed by atoms with van der Waals surface area (Å²) in [5.41, 5.74) is 0.953. The lowest BCUT2D eigenvalue weighted by Gasteiger charge is -2.23. The fourth-order valence-corrected chi connectivity index (χ4v) is 3.31. The normalized spacial score (nSPS) is 30.3. The second kappa shape index (κ2) is 5.31. The molecule has 0 saturated carbocycles. The van der Waals surface area contributed by atoms with E-state index in [0.29, 0.717) is 12.1 Å². The highest BCUT2D eigenvalue weighted by Crippen LogP contribution is 2.33. The standard InChI is InChI=1S/C15H20N2O2/c18-9-14(10-4-2-1-3-5-10)17-15(19)12-8-11-6-7-13(12)16-11/h1-5,11-14,16,18H,6-9H2,(H,17,19). The number of amides is 1. The number of nitrogens with one attached hydrogen (secondary N) is 2. The van der Waals surface area contributed by atoms with Crippen LogP contribution in [0.4, 0.5) is 0 Å². The lowest BCUT2D eigenvalue weighted by Crippen LogP contribution is -2.40. The Balaban J connectivity index is 1.65. The Morgan fingerprint density at radius 2 is 2.16 bits per heavy atom. The zero-order valence-corrected chi connectivity index (χ0v) is 10.9. The molecule has 2 fully saturated rings. The predicted molar refractivity (Wildman–Crippen MR) is 72.5 cm³/mol. The first-order chi connectivity index (χ1) is 9.28. The monoisotopic (exact) mass is 260 g/mol. The van der Waals surface area contributed by atoms with Crippen LogP contribution in [0.2, 0.25) is 0 Å². The van der Waals surface area contributed by atoms with Crippen molar-refractivity contribution in [2.45, 2.75) is 37.4 Å². The molecule has 2 heterocycles. The van der Waals surface area contributed by atoms with Gasteiger partial charge in [-0.05, 0) is 24.8 Å². The van der Waals surface area contributed by atoms with E-state index in [1.54, 1.807) is 0 Å². The van der Waals surface area contributed by atoms with Crippen molar-refractivity contribution in [3.8, 4) is 0 Å². The van der Waals surface area contributed by atoms with Gasteiger partial charge in [0.05, 0.1) is 18.6 Å². The first kappa shape index (κ1) is 12.6. The van der Waals surface area contributed by atoms with Crippen LogP contribution in [0.3, 0.4) is 0 Å². The second-order valence-electron chi connectivity index (χ2n) is 5.54. The van der Waals surface area contributed by atoms with Crippen molar-refractivity contribution in [2.75, 3.05) is 6.61 Å². The minimum atomic E-state index is -0.298. The topological polar surface area (TPSA) is 61.4 Å². The van der Waals surface area contributed by atoms with Crippen molar-refractivity contribution in [3.05, 3.63) is 35.9 Å². The molecule has 2 saturated heterocycles. The zero-order valence-electron chi connectivity index (χ0n) is 10.9.